The van der Waals surface area contributed by atoms with Crippen LogP contribution in [-0.4, -0.2) is 27.6 Å². The van der Waals surface area contributed by atoms with Crippen LogP contribution in [0.2, 0.25) is 0 Å². The van der Waals surface area contributed by atoms with Crippen molar-refractivity contribution in [3.8, 4) is 11.5 Å². The second kappa shape index (κ2) is 6.64. The number of aryl methyl sites for hydroxylation is 1. The Kier molecular flexibility index (Phi) is 4.54. The second-order valence-electron chi connectivity index (χ2n) is 5.59. The number of ether oxygens (including phenoxy) is 2. The summed E-state index contributed by atoms with van der Waals surface area (Å²) < 4.78 is 38.8. The number of fused-ring (bicyclic) bond motifs is 1. The summed E-state index contributed by atoms with van der Waals surface area (Å²) in [5.41, 5.74) is 0.513. The van der Waals surface area contributed by atoms with Gasteiger partial charge in [-0.05, 0) is 36.2 Å². The Balaban J connectivity index is 1.93. The number of hydrogen-bond donors (Lipinski definition) is 1. The number of rotatable bonds is 4. The van der Waals surface area contributed by atoms with Gasteiger partial charge in [-0.3, -0.25) is 4.72 Å². The Labute approximate surface area is 145 Å². The summed E-state index contributed by atoms with van der Waals surface area (Å²) in [6.45, 7) is 2.60. The lowest BCUT2D eigenvalue weighted by molar-refractivity contribution is -0.255. The molecule has 0 saturated carbocycles. The molecule has 0 fully saturated rings. The summed E-state index contributed by atoms with van der Waals surface area (Å²) in [4.78, 5) is 10.9. The highest BCUT2D eigenvalue weighted by atomic mass is 32.2. The van der Waals surface area contributed by atoms with E-state index in [9.17, 15) is 18.3 Å². The maximum absolute atomic E-state index is 12.6. The Morgan fingerprint density at radius 1 is 1.08 bits per heavy atom. The summed E-state index contributed by atoms with van der Waals surface area (Å²) in [5, 5.41) is 11.0. The first kappa shape index (κ1) is 17.1. The molecule has 1 aliphatic rings. The molecule has 1 aliphatic heterocycles. The van der Waals surface area contributed by atoms with Gasteiger partial charge in [0.05, 0.1) is 29.8 Å². The topological polar surface area (TPSA) is 105 Å². The van der Waals surface area contributed by atoms with E-state index in [0.29, 0.717) is 36.0 Å². The predicted octanol–water partition coefficient (Wildman–Crippen LogP) is 1.32. The third kappa shape index (κ3) is 3.69. The molecule has 0 aromatic heterocycles. The van der Waals surface area contributed by atoms with Gasteiger partial charge in [-0.2, -0.15) is 0 Å². The average Bonchev–Trinajstić information content (AvgIpc) is 2.79. The van der Waals surface area contributed by atoms with E-state index in [2.05, 4.69) is 4.72 Å². The molecule has 1 N–H and O–H groups in total. The summed E-state index contributed by atoms with van der Waals surface area (Å²) in [7, 11) is -3.97. The van der Waals surface area contributed by atoms with Crippen LogP contribution >= 0.6 is 0 Å². The number of aromatic carboxylic acids is 1. The molecule has 3 rings (SSSR count). The molecule has 0 saturated heterocycles. The smallest absolute Gasteiger partial charge is 0.262 e. The van der Waals surface area contributed by atoms with Gasteiger partial charge in [0.25, 0.3) is 10.0 Å². The fourth-order valence-electron chi connectivity index (χ4n) is 2.45. The molecule has 25 heavy (non-hydrogen) atoms. The Hall–Kier alpha value is -2.74. The van der Waals surface area contributed by atoms with Gasteiger partial charge in [-0.25, -0.2) is 8.42 Å². The number of carboxylic acids is 1. The molecule has 2 aromatic rings. The zero-order valence-corrected chi connectivity index (χ0v) is 14.3. The molecular formula is C17H16NO6S-. The van der Waals surface area contributed by atoms with Crippen molar-refractivity contribution >= 4 is 21.7 Å². The Morgan fingerprint density at radius 3 is 2.52 bits per heavy atom. The third-order valence-corrected chi connectivity index (χ3v) is 5.24. The van der Waals surface area contributed by atoms with Gasteiger partial charge in [-0.1, -0.05) is 12.1 Å². The van der Waals surface area contributed by atoms with Crippen LogP contribution in [0.1, 0.15) is 22.3 Å². The number of hydrogen-bond acceptors (Lipinski definition) is 6. The maximum atomic E-state index is 12.6. The first-order chi connectivity index (χ1) is 11.9. The minimum Gasteiger partial charge on any atom is -0.545 e. The molecule has 1 heterocycles. The van der Waals surface area contributed by atoms with Crippen molar-refractivity contribution in [2.45, 2.75) is 18.2 Å². The number of sulfonamides is 1. The molecule has 0 spiro atoms. The van der Waals surface area contributed by atoms with Crippen LogP contribution in [0.3, 0.4) is 0 Å². The Morgan fingerprint density at radius 2 is 1.80 bits per heavy atom. The van der Waals surface area contributed by atoms with E-state index >= 15 is 0 Å². The summed E-state index contributed by atoms with van der Waals surface area (Å²) in [5.74, 6) is -0.430. The zero-order valence-electron chi connectivity index (χ0n) is 13.4. The highest BCUT2D eigenvalue weighted by Crippen LogP contribution is 2.33. The molecule has 7 nitrogen and oxygen atoms in total. The molecule has 0 aliphatic carbocycles. The summed E-state index contributed by atoms with van der Waals surface area (Å²) >= 11 is 0. The fourth-order valence-corrected chi connectivity index (χ4v) is 3.77. The minimum atomic E-state index is -3.97. The van der Waals surface area contributed by atoms with E-state index in [-0.39, 0.29) is 10.5 Å². The molecule has 0 atom stereocenters. The van der Waals surface area contributed by atoms with Crippen molar-refractivity contribution in [2.75, 3.05) is 17.9 Å². The van der Waals surface area contributed by atoms with Crippen LogP contribution in [0, 0.1) is 6.92 Å². The molecule has 0 unspecified atom stereocenters. The van der Waals surface area contributed by atoms with Crippen molar-refractivity contribution in [1.82, 2.24) is 0 Å². The molecule has 0 amide bonds. The van der Waals surface area contributed by atoms with Gasteiger partial charge < -0.3 is 19.4 Å². The maximum Gasteiger partial charge on any atom is 0.262 e. The van der Waals surface area contributed by atoms with Crippen molar-refractivity contribution < 1.29 is 27.8 Å². The van der Waals surface area contributed by atoms with Gasteiger partial charge in [0.15, 0.2) is 11.5 Å². The van der Waals surface area contributed by atoms with Gasteiger partial charge in [0.2, 0.25) is 0 Å². The molecule has 2 aromatic carbocycles. The largest absolute Gasteiger partial charge is 0.545 e. The van der Waals surface area contributed by atoms with Gasteiger partial charge in [-0.15, -0.1) is 0 Å². The lowest BCUT2D eigenvalue weighted by Gasteiger charge is -2.14. The molecule has 0 radical (unpaired) electrons. The van der Waals surface area contributed by atoms with Gasteiger partial charge >= 0.3 is 0 Å². The summed E-state index contributed by atoms with van der Waals surface area (Å²) in [6.07, 6.45) is 0.741. The van der Waals surface area contributed by atoms with Crippen molar-refractivity contribution in [2.24, 2.45) is 0 Å². The number of nitrogens with one attached hydrogen (secondary N) is 1. The lowest BCUT2D eigenvalue weighted by Crippen LogP contribution is -2.23. The van der Waals surface area contributed by atoms with Crippen LogP contribution in [0.5, 0.6) is 11.5 Å². The van der Waals surface area contributed by atoms with E-state index in [0.717, 1.165) is 12.5 Å². The van der Waals surface area contributed by atoms with Crippen molar-refractivity contribution in [3.63, 3.8) is 0 Å². The fraction of sp³-hybridized carbons (Fsp3) is 0.235. The SMILES string of the molecule is Cc1ccc(C(=O)[O-])cc1S(=O)(=O)Nc1ccc2c(c1)OCCCO2. The molecule has 0 bridgehead atoms. The number of carboxylic acid groups (broad SMARTS) is 1. The standard InChI is InChI=1S/C17H17NO6S/c1-11-3-4-12(17(19)20)9-16(11)25(21,22)18-13-5-6-14-15(10-13)24-8-2-7-23-14/h3-6,9-10,18H,2,7-8H2,1H3,(H,19,20)/p-1. The third-order valence-electron chi connectivity index (χ3n) is 3.71. The van der Waals surface area contributed by atoms with Crippen molar-refractivity contribution in [1.29, 1.82) is 0 Å². The number of anilines is 1. The molecular weight excluding hydrogens is 346 g/mol. The highest BCUT2D eigenvalue weighted by Gasteiger charge is 2.19. The van der Waals surface area contributed by atoms with Crippen LogP contribution in [0.15, 0.2) is 41.3 Å². The summed E-state index contributed by atoms with van der Waals surface area (Å²) in [6, 6.07) is 8.53. The highest BCUT2D eigenvalue weighted by molar-refractivity contribution is 7.92. The Bertz CT molecular complexity index is 923. The number of carbonyl (C=O) groups is 1. The zero-order chi connectivity index (χ0) is 18.0. The number of benzene rings is 2. The molecule has 132 valence electrons. The number of carbonyl (C=O) groups excluding carboxylic acids is 1. The van der Waals surface area contributed by atoms with E-state index in [4.69, 9.17) is 9.47 Å². The predicted molar refractivity (Wildman–Crippen MR) is 88.4 cm³/mol. The van der Waals surface area contributed by atoms with E-state index in [1.807, 2.05) is 0 Å². The van der Waals surface area contributed by atoms with E-state index in [1.54, 1.807) is 19.1 Å². The van der Waals surface area contributed by atoms with Crippen LogP contribution in [0.4, 0.5) is 5.69 Å². The second-order valence-corrected chi connectivity index (χ2v) is 7.24. The first-order valence-corrected chi connectivity index (χ1v) is 9.09. The quantitative estimate of drug-likeness (QED) is 0.879. The van der Waals surface area contributed by atoms with Crippen LogP contribution in [0.25, 0.3) is 0 Å². The monoisotopic (exact) mass is 362 g/mol. The normalized spacial score (nSPS) is 13.8. The minimum absolute atomic E-state index is 0.124. The van der Waals surface area contributed by atoms with Gasteiger partial charge in [0.1, 0.15) is 0 Å². The van der Waals surface area contributed by atoms with E-state index < -0.39 is 16.0 Å². The first-order valence-electron chi connectivity index (χ1n) is 7.61. The van der Waals surface area contributed by atoms with Crippen molar-refractivity contribution in [3.05, 3.63) is 47.5 Å². The van der Waals surface area contributed by atoms with Crippen LogP contribution in [-0.2, 0) is 10.0 Å². The van der Waals surface area contributed by atoms with Gasteiger partial charge in [0, 0.05) is 12.5 Å². The lowest BCUT2D eigenvalue weighted by atomic mass is 10.1. The average molecular weight is 362 g/mol. The molecule has 8 heteroatoms. The van der Waals surface area contributed by atoms with Crippen LogP contribution < -0.4 is 19.3 Å². The van der Waals surface area contributed by atoms with E-state index in [1.165, 1.54) is 18.2 Å².